The van der Waals surface area contributed by atoms with E-state index in [1.807, 2.05) is 29.2 Å². The Morgan fingerprint density at radius 2 is 1.91 bits per heavy atom. The Kier molecular flexibility index (Phi) is 6.38. The second-order valence-corrected chi connectivity index (χ2v) is 9.61. The number of benzene rings is 2. The molecule has 1 atom stereocenters. The summed E-state index contributed by atoms with van der Waals surface area (Å²) in [7, 11) is -3.60. The summed E-state index contributed by atoms with van der Waals surface area (Å²) in [6.07, 6.45) is 3.08. The van der Waals surface area contributed by atoms with E-state index in [9.17, 15) is 13.2 Å². The molecule has 0 unspecified atom stereocenters. The van der Waals surface area contributed by atoms with E-state index in [4.69, 9.17) is 0 Å². The summed E-state index contributed by atoms with van der Waals surface area (Å²) in [6.45, 7) is 5.10. The van der Waals surface area contributed by atoms with Gasteiger partial charge >= 0.3 is 0 Å². The quantitative estimate of drug-likeness (QED) is 0.590. The standard InChI is InChI=1S/C23H27N5O3S/c1-3-27(4-2)32(30,31)18-10-7-9-17(15-18)26-23(29)21-13-8-14-28(21)22-19-11-5-6-12-20(19)24-16-25-22/h5-7,9-12,15-16,21H,3-4,8,13-14H2,1-2H3,(H,26,29)/t21-/m0/s1. The van der Waals surface area contributed by atoms with Crippen molar-refractivity contribution in [3.63, 3.8) is 0 Å². The average Bonchev–Trinajstić information content (AvgIpc) is 3.29. The highest BCUT2D eigenvalue weighted by Gasteiger charge is 2.33. The van der Waals surface area contributed by atoms with Crippen LogP contribution in [0.2, 0.25) is 0 Å². The number of nitrogens with one attached hydrogen (secondary N) is 1. The second-order valence-electron chi connectivity index (χ2n) is 7.67. The topological polar surface area (TPSA) is 95.5 Å². The Labute approximate surface area is 188 Å². The molecule has 1 saturated heterocycles. The number of amides is 1. The third-order valence-electron chi connectivity index (χ3n) is 5.79. The number of carbonyl (C=O) groups is 1. The van der Waals surface area contributed by atoms with Gasteiger partial charge in [0.15, 0.2) is 0 Å². The van der Waals surface area contributed by atoms with Crippen LogP contribution < -0.4 is 10.2 Å². The minimum atomic E-state index is -3.60. The van der Waals surface area contributed by atoms with Gasteiger partial charge in [-0.05, 0) is 43.2 Å². The van der Waals surface area contributed by atoms with Crippen LogP contribution in [-0.2, 0) is 14.8 Å². The Morgan fingerprint density at radius 1 is 1.12 bits per heavy atom. The van der Waals surface area contributed by atoms with Crippen LogP contribution in [0, 0.1) is 0 Å². The van der Waals surface area contributed by atoms with Crippen LogP contribution in [0.5, 0.6) is 0 Å². The lowest BCUT2D eigenvalue weighted by atomic mass is 10.1. The van der Waals surface area contributed by atoms with Gasteiger partial charge < -0.3 is 10.2 Å². The van der Waals surface area contributed by atoms with Gasteiger partial charge in [0.05, 0.1) is 10.4 Å². The van der Waals surface area contributed by atoms with Crippen molar-refractivity contribution in [1.29, 1.82) is 0 Å². The lowest BCUT2D eigenvalue weighted by molar-refractivity contribution is -0.117. The van der Waals surface area contributed by atoms with E-state index in [1.165, 1.54) is 16.7 Å². The maximum absolute atomic E-state index is 13.2. The van der Waals surface area contributed by atoms with E-state index in [0.717, 1.165) is 29.7 Å². The predicted molar refractivity (Wildman–Crippen MR) is 125 cm³/mol. The molecule has 0 bridgehead atoms. The van der Waals surface area contributed by atoms with E-state index in [2.05, 4.69) is 15.3 Å². The van der Waals surface area contributed by atoms with Crippen LogP contribution in [0.1, 0.15) is 26.7 Å². The normalized spacial score (nSPS) is 16.6. The molecule has 1 fully saturated rings. The number of para-hydroxylation sites is 1. The van der Waals surface area contributed by atoms with Crippen molar-refractivity contribution in [1.82, 2.24) is 14.3 Å². The van der Waals surface area contributed by atoms with E-state index in [-0.39, 0.29) is 10.8 Å². The van der Waals surface area contributed by atoms with Crippen LogP contribution in [0.4, 0.5) is 11.5 Å². The zero-order chi connectivity index (χ0) is 22.7. The van der Waals surface area contributed by atoms with E-state index in [1.54, 1.807) is 32.0 Å². The smallest absolute Gasteiger partial charge is 0.247 e. The summed E-state index contributed by atoms with van der Waals surface area (Å²) < 4.78 is 27.1. The highest BCUT2D eigenvalue weighted by atomic mass is 32.2. The SMILES string of the molecule is CCN(CC)S(=O)(=O)c1cccc(NC(=O)[C@@H]2CCCN2c2ncnc3ccccc23)c1. The minimum absolute atomic E-state index is 0.170. The molecule has 0 saturated carbocycles. The highest BCUT2D eigenvalue weighted by molar-refractivity contribution is 7.89. The molecule has 1 aromatic heterocycles. The van der Waals surface area contributed by atoms with Crippen molar-refractivity contribution >= 4 is 38.3 Å². The number of aromatic nitrogens is 2. The van der Waals surface area contributed by atoms with Gasteiger partial charge in [0.1, 0.15) is 18.2 Å². The summed E-state index contributed by atoms with van der Waals surface area (Å²) in [5, 5.41) is 3.82. The van der Waals surface area contributed by atoms with Gasteiger partial charge in [-0.1, -0.05) is 32.0 Å². The van der Waals surface area contributed by atoms with Gasteiger partial charge in [-0.2, -0.15) is 4.31 Å². The van der Waals surface area contributed by atoms with Crippen LogP contribution >= 0.6 is 0 Å². The minimum Gasteiger partial charge on any atom is -0.344 e. The molecule has 1 amide bonds. The zero-order valence-electron chi connectivity index (χ0n) is 18.2. The highest BCUT2D eigenvalue weighted by Crippen LogP contribution is 2.30. The summed E-state index contributed by atoms with van der Waals surface area (Å²) >= 11 is 0. The first-order valence-electron chi connectivity index (χ1n) is 10.8. The number of rotatable bonds is 7. The Hall–Kier alpha value is -3.04. The molecule has 3 aromatic rings. The first kappa shape index (κ1) is 22.2. The Bertz CT molecular complexity index is 1220. The van der Waals surface area contributed by atoms with Gasteiger partial charge in [0.2, 0.25) is 15.9 Å². The number of sulfonamides is 1. The monoisotopic (exact) mass is 453 g/mol. The lowest BCUT2D eigenvalue weighted by Crippen LogP contribution is -2.40. The molecule has 2 aromatic carbocycles. The summed E-state index contributed by atoms with van der Waals surface area (Å²) in [4.78, 5) is 24.1. The number of hydrogen-bond acceptors (Lipinski definition) is 6. The molecule has 1 aliphatic heterocycles. The third kappa shape index (κ3) is 4.18. The average molecular weight is 454 g/mol. The molecule has 0 spiro atoms. The molecule has 1 aliphatic rings. The van der Waals surface area contributed by atoms with E-state index >= 15 is 0 Å². The summed E-state index contributed by atoms with van der Waals surface area (Å²) in [5.74, 6) is 0.564. The van der Waals surface area contributed by atoms with Crippen molar-refractivity contribution in [2.75, 3.05) is 29.9 Å². The van der Waals surface area contributed by atoms with Crippen LogP contribution in [0.15, 0.2) is 59.8 Å². The van der Waals surface area contributed by atoms with Gasteiger partial charge in [0.25, 0.3) is 0 Å². The van der Waals surface area contributed by atoms with Gasteiger partial charge in [-0.15, -0.1) is 0 Å². The lowest BCUT2D eigenvalue weighted by Gasteiger charge is -2.26. The molecule has 4 rings (SSSR count). The van der Waals surface area contributed by atoms with Gasteiger partial charge in [0, 0.05) is 30.7 Å². The fourth-order valence-electron chi connectivity index (χ4n) is 4.18. The zero-order valence-corrected chi connectivity index (χ0v) is 19.0. The third-order valence-corrected chi connectivity index (χ3v) is 7.84. The van der Waals surface area contributed by atoms with Crippen molar-refractivity contribution in [2.24, 2.45) is 0 Å². The Morgan fingerprint density at radius 3 is 2.69 bits per heavy atom. The van der Waals surface area contributed by atoms with E-state index in [0.29, 0.717) is 25.2 Å². The van der Waals surface area contributed by atoms with Crippen molar-refractivity contribution < 1.29 is 13.2 Å². The van der Waals surface area contributed by atoms with Gasteiger partial charge in [-0.25, -0.2) is 18.4 Å². The second kappa shape index (κ2) is 9.22. The van der Waals surface area contributed by atoms with Crippen LogP contribution in [-0.4, -0.2) is 54.3 Å². The number of nitrogens with zero attached hydrogens (tertiary/aromatic N) is 4. The van der Waals surface area contributed by atoms with Crippen molar-refractivity contribution in [2.45, 2.75) is 37.6 Å². The largest absolute Gasteiger partial charge is 0.344 e. The van der Waals surface area contributed by atoms with Crippen LogP contribution in [0.25, 0.3) is 10.9 Å². The fraction of sp³-hybridized carbons (Fsp3) is 0.348. The first-order valence-corrected chi connectivity index (χ1v) is 12.3. The molecule has 8 nitrogen and oxygen atoms in total. The van der Waals surface area contributed by atoms with Crippen LogP contribution in [0.3, 0.4) is 0 Å². The molecular formula is C23H27N5O3S. The maximum atomic E-state index is 13.2. The Balaban J connectivity index is 1.58. The van der Waals surface area contributed by atoms with Crippen molar-refractivity contribution in [3.8, 4) is 0 Å². The molecular weight excluding hydrogens is 426 g/mol. The molecule has 1 N–H and O–H groups in total. The summed E-state index contributed by atoms with van der Waals surface area (Å²) in [6, 6.07) is 13.8. The number of hydrogen-bond donors (Lipinski definition) is 1. The van der Waals surface area contributed by atoms with Crippen molar-refractivity contribution in [3.05, 3.63) is 54.9 Å². The molecule has 0 aliphatic carbocycles. The predicted octanol–water partition coefficient (Wildman–Crippen LogP) is 3.27. The molecule has 2 heterocycles. The number of fused-ring (bicyclic) bond motifs is 1. The molecule has 168 valence electrons. The molecule has 9 heteroatoms. The maximum Gasteiger partial charge on any atom is 0.247 e. The fourth-order valence-corrected chi connectivity index (χ4v) is 5.69. The van der Waals surface area contributed by atoms with Gasteiger partial charge in [-0.3, -0.25) is 4.79 Å². The number of carbonyl (C=O) groups excluding carboxylic acids is 1. The molecule has 0 radical (unpaired) electrons. The summed E-state index contributed by atoms with van der Waals surface area (Å²) in [5.41, 5.74) is 1.29. The van der Waals surface area contributed by atoms with E-state index < -0.39 is 16.1 Å². The first-order chi connectivity index (χ1) is 15.5. The molecule has 32 heavy (non-hydrogen) atoms. The number of anilines is 2.